The molecule has 1 aliphatic rings. The molecule has 2 rings (SSSR count). The summed E-state index contributed by atoms with van der Waals surface area (Å²) in [6, 6.07) is 5.96. The fraction of sp³-hybridized carbons (Fsp3) is 0.667. The van der Waals surface area contributed by atoms with Gasteiger partial charge in [0.25, 0.3) is 0 Å². The molecule has 0 aliphatic carbocycles. The predicted molar refractivity (Wildman–Crippen MR) is 94.1 cm³/mol. The number of piperazine rings is 1. The number of aryl methyl sites for hydroxylation is 1. The molecule has 1 aromatic rings. The molecule has 22 heavy (non-hydrogen) atoms. The molecule has 0 unspecified atom stereocenters. The summed E-state index contributed by atoms with van der Waals surface area (Å²) < 4.78 is 5.84. The Bertz CT molecular complexity index is 445. The lowest BCUT2D eigenvalue weighted by molar-refractivity contribution is 0.134. The van der Waals surface area contributed by atoms with Gasteiger partial charge in [0.05, 0.1) is 6.61 Å². The minimum absolute atomic E-state index is 0.791. The quantitative estimate of drug-likeness (QED) is 0.678. The molecule has 0 aromatic heterocycles. The van der Waals surface area contributed by atoms with Crippen LogP contribution >= 0.6 is 11.6 Å². The van der Waals surface area contributed by atoms with Crippen LogP contribution in [0.5, 0.6) is 5.75 Å². The van der Waals surface area contributed by atoms with Gasteiger partial charge in [-0.2, -0.15) is 0 Å². The summed E-state index contributed by atoms with van der Waals surface area (Å²) in [5, 5.41) is 0.834. The normalized spacial score (nSPS) is 16.9. The zero-order valence-electron chi connectivity index (χ0n) is 14.0. The minimum atomic E-state index is 0.791. The van der Waals surface area contributed by atoms with Crippen LogP contribution in [-0.4, -0.2) is 55.7 Å². The van der Waals surface area contributed by atoms with Crippen LogP contribution in [0.3, 0.4) is 0 Å². The van der Waals surface area contributed by atoms with E-state index in [2.05, 4.69) is 29.7 Å². The number of nitrogens with zero attached hydrogens (tertiary/aromatic N) is 2. The van der Waals surface area contributed by atoms with Crippen molar-refractivity contribution in [3.8, 4) is 5.75 Å². The Morgan fingerprint density at radius 1 is 1.05 bits per heavy atom. The van der Waals surface area contributed by atoms with Crippen molar-refractivity contribution in [1.29, 1.82) is 0 Å². The van der Waals surface area contributed by atoms with Crippen LogP contribution in [-0.2, 0) is 6.42 Å². The third-order valence-electron chi connectivity index (χ3n) is 4.45. The highest BCUT2D eigenvalue weighted by atomic mass is 35.5. The van der Waals surface area contributed by atoms with E-state index in [1.807, 2.05) is 12.1 Å². The number of ether oxygens (including phenoxy) is 1. The number of halogens is 1. The first kappa shape index (κ1) is 17.6. The molecule has 0 N–H and O–H groups in total. The number of hydrogen-bond donors (Lipinski definition) is 0. The summed E-state index contributed by atoms with van der Waals surface area (Å²) in [7, 11) is 0. The highest BCUT2D eigenvalue weighted by molar-refractivity contribution is 6.31. The molecule has 1 heterocycles. The monoisotopic (exact) mass is 324 g/mol. The lowest BCUT2D eigenvalue weighted by atomic mass is 10.1. The third-order valence-corrected chi connectivity index (χ3v) is 4.82. The molecule has 124 valence electrons. The summed E-state index contributed by atoms with van der Waals surface area (Å²) in [5.74, 6) is 0.942. The fourth-order valence-electron chi connectivity index (χ4n) is 2.87. The van der Waals surface area contributed by atoms with Gasteiger partial charge in [-0.25, -0.2) is 0 Å². The van der Waals surface area contributed by atoms with E-state index < -0.39 is 0 Å². The minimum Gasteiger partial charge on any atom is -0.494 e. The van der Waals surface area contributed by atoms with Gasteiger partial charge in [-0.15, -0.1) is 0 Å². The van der Waals surface area contributed by atoms with Crippen LogP contribution in [0.4, 0.5) is 0 Å². The lowest BCUT2D eigenvalue weighted by Crippen LogP contribution is -2.46. The van der Waals surface area contributed by atoms with Crippen molar-refractivity contribution >= 4 is 11.6 Å². The highest BCUT2D eigenvalue weighted by Crippen LogP contribution is 2.22. The Labute approximate surface area is 140 Å². The van der Waals surface area contributed by atoms with Crippen LogP contribution in [0.25, 0.3) is 0 Å². The Morgan fingerprint density at radius 2 is 1.77 bits per heavy atom. The van der Waals surface area contributed by atoms with Crippen molar-refractivity contribution in [2.45, 2.75) is 33.1 Å². The second-order valence-corrected chi connectivity index (χ2v) is 6.35. The van der Waals surface area contributed by atoms with Crippen molar-refractivity contribution in [3.63, 3.8) is 0 Å². The smallest absolute Gasteiger partial charge is 0.119 e. The topological polar surface area (TPSA) is 15.7 Å². The zero-order valence-corrected chi connectivity index (χ0v) is 14.7. The van der Waals surface area contributed by atoms with Crippen molar-refractivity contribution in [1.82, 2.24) is 9.80 Å². The molecule has 4 heteroatoms. The molecule has 0 spiro atoms. The second kappa shape index (κ2) is 9.39. The Kier molecular flexibility index (Phi) is 7.50. The molecule has 0 atom stereocenters. The Morgan fingerprint density at radius 3 is 2.45 bits per heavy atom. The molecular weight excluding hydrogens is 296 g/mol. The predicted octanol–water partition coefficient (Wildman–Crippen LogP) is 3.70. The van der Waals surface area contributed by atoms with E-state index in [4.69, 9.17) is 16.3 Å². The average molecular weight is 325 g/mol. The van der Waals surface area contributed by atoms with Gasteiger partial charge >= 0.3 is 0 Å². The molecule has 1 aromatic carbocycles. The number of benzene rings is 1. The molecule has 0 saturated carbocycles. The van der Waals surface area contributed by atoms with Gasteiger partial charge in [0.2, 0.25) is 0 Å². The van der Waals surface area contributed by atoms with E-state index in [1.165, 1.54) is 45.7 Å². The number of likely N-dealkylation sites (N-methyl/N-ethyl adjacent to an activating group) is 1. The van der Waals surface area contributed by atoms with Gasteiger partial charge in [-0.05, 0) is 56.1 Å². The SMILES string of the molecule is CCc1cc(OCCCCN2CCN(CC)CC2)ccc1Cl. The first-order valence-electron chi connectivity index (χ1n) is 8.58. The highest BCUT2D eigenvalue weighted by Gasteiger charge is 2.14. The maximum absolute atomic E-state index is 6.12. The summed E-state index contributed by atoms with van der Waals surface area (Å²) in [6.45, 7) is 12.4. The second-order valence-electron chi connectivity index (χ2n) is 5.94. The van der Waals surface area contributed by atoms with E-state index in [9.17, 15) is 0 Å². The molecule has 1 fully saturated rings. The lowest BCUT2D eigenvalue weighted by Gasteiger charge is -2.33. The maximum Gasteiger partial charge on any atom is 0.119 e. The van der Waals surface area contributed by atoms with Crippen molar-refractivity contribution in [2.24, 2.45) is 0 Å². The first-order valence-corrected chi connectivity index (χ1v) is 8.96. The summed E-state index contributed by atoms with van der Waals surface area (Å²) in [4.78, 5) is 5.09. The van der Waals surface area contributed by atoms with Crippen molar-refractivity contribution in [2.75, 3.05) is 45.9 Å². The molecular formula is C18H29ClN2O. The Balaban J connectivity index is 1.60. The van der Waals surface area contributed by atoms with Crippen molar-refractivity contribution < 1.29 is 4.74 Å². The summed E-state index contributed by atoms with van der Waals surface area (Å²) >= 11 is 6.12. The van der Waals surface area contributed by atoms with Crippen LogP contribution in [0, 0.1) is 0 Å². The van der Waals surface area contributed by atoms with E-state index in [0.717, 1.165) is 35.8 Å². The van der Waals surface area contributed by atoms with E-state index >= 15 is 0 Å². The standard InChI is InChI=1S/C18H29ClN2O/c1-3-16-15-17(7-8-18(16)19)22-14-6-5-9-21-12-10-20(4-2)11-13-21/h7-8,15H,3-6,9-14H2,1-2H3. The number of hydrogen-bond acceptors (Lipinski definition) is 3. The van der Waals surface area contributed by atoms with E-state index in [1.54, 1.807) is 0 Å². The molecule has 0 amide bonds. The third kappa shape index (κ3) is 5.45. The number of unbranched alkanes of at least 4 members (excludes halogenated alkanes) is 1. The zero-order chi connectivity index (χ0) is 15.8. The summed E-state index contributed by atoms with van der Waals surface area (Å²) in [6.07, 6.45) is 3.26. The first-order chi connectivity index (χ1) is 10.7. The van der Waals surface area contributed by atoms with Crippen molar-refractivity contribution in [3.05, 3.63) is 28.8 Å². The van der Waals surface area contributed by atoms with Crippen LogP contribution < -0.4 is 4.74 Å². The van der Waals surface area contributed by atoms with Gasteiger partial charge in [-0.3, -0.25) is 0 Å². The van der Waals surface area contributed by atoms with Crippen LogP contribution in [0.1, 0.15) is 32.3 Å². The molecule has 1 saturated heterocycles. The molecule has 1 aliphatic heterocycles. The van der Waals surface area contributed by atoms with Gasteiger partial charge in [0, 0.05) is 31.2 Å². The molecule has 0 radical (unpaired) electrons. The molecule has 0 bridgehead atoms. The largest absolute Gasteiger partial charge is 0.494 e. The Hall–Kier alpha value is -0.770. The molecule has 3 nitrogen and oxygen atoms in total. The van der Waals surface area contributed by atoms with E-state index in [0.29, 0.717) is 0 Å². The van der Waals surface area contributed by atoms with Gasteiger partial charge in [0.15, 0.2) is 0 Å². The van der Waals surface area contributed by atoms with Gasteiger partial charge in [0.1, 0.15) is 5.75 Å². The van der Waals surface area contributed by atoms with E-state index in [-0.39, 0.29) is 0 Å². The van der Waals surface area contributed by atoms with Gasteiger partial charge in [-0.1, -0.05) is 25.4 Å². The average Bonchev–Trinajstić information content (AvgIpc) is 2.56. The van der Waals surface area contributed by atoms with Crippen LogP contribution in [0.15, 0.2) is 18.2 Å². The summed E-state index contributed by atoms with van der Waals surface area (Å²) in [5.41, 5.74) is 1.16. The maximum atomic E-state index is 6.12. The fourth-order valence-corrected chi connectivity index (χ4v) is 3.12. The number of rotatable bonds is 8. The van der Waals surface area contributed by atoms with Gasteiger partial charge < -0.3 is 14.5 Å². The van der Waals surface area contributed by atoms with Crippen LogP contribution in [0.2, 0.25) is 5.02 Å².